The number of aliphatic hydroxyl groups is 1. The zero-order valence-electron chi connectivity index (χ0n) is 12.8. The minimum absolute atomic E-state index is 0.0288. The molecule has 0 bridgehead atoms. The van der Waals surface area contributed by atoms with Gasteiger partial charge in [-0.3, -0.25) is 4.79 Å². The molecule has 4 nitrogen and oxygen atoms in total. The molecule has 0 aromatic heterocycles. The maximum Gasteiger partial charge on any atom is 0.226 e. The molecule has 1 N–H and O–H groups in total. The zero-order valence-corrected chi connectivity index (χ0v) is 12.8. The Balaban J connectivity index is 1.79. The number of hydrogen-bond donors (Lipinski definition) is 1. The minimum atomic E-state index is 0.0288. The lowest BCUT2D eigenvalue weighted by atomic mass is 10.2. The average molecular weight is 291 g/mol. The SMILES string of the molecule is Cc1ccc(OCCC(=O)N(CCO)C2CCCC2)cc1. The molecule has 1 saturated carbocycles. The highest BCUT2D eigenvalue weighted by Crippen LogP contribution is 2.24. The van der Waals surface area contributed by atoms with E-state index in [1.165, 1.54) is 18.4 Å². The molecule has 1 fully saturated rings. The minimum Gasteiger partial charge on any atom is -0.493 e. The van der Waals surface area contributed by atoms with Gasteiger partial charge in [-0.1, -0.05) is 30.5 Å². The van der Waals surface area contributed by atoms with Gasteiger partial charge in [-0.05, 0) is 31.9 Å². The summed E-state index contributed by atoms with van der Waals surface area (Å²) in [5, 5.41) is 9.15. The molecule has 1 amide bonds. The van der Waals surface area contributed by atoms with Gasteiger partial charge in [-0.2, -0.15) is 0 Å². The van der Waals surface area contributed by atoms with Gasteiger partial charge in [-0.25, -0.2) is 0 Å². The van der Waals surface area contributed by atoms with Crippen LogP contribution in [-0.4, -0.2) is 41.7 Å². The number of carbonyl (C=O) groups is 1. The van der Waals surface area contributed by atoms with Crippen LogP contribution in [0.2, 0.25) is 0 Å². The monoisotopic (exact) mass is 291 g/mol. The molecule has 0 saturated heterocycles. The number of nitrogens with zero attached hydrogens (tertiary/aromatic N) is 1. The lowest BCUT2D eigenvalue weighted by Crippen LogP contribution is -2.41. The molecule has 1 aromatic rings. The Morgan fingerprint density at radius 1 is 1.29 bits per heavy atom. The van der Waals surface area contributed by atoms with Gasteiger partial charge in [-0.15, -0.1) is 0 Å². The summed E-state index contributed by atoms with van der Waals surface area (Å²) < 4.78 is 5.61. The number of aryl methyl sites for hydroxylation is 1. The van der Waals surface area contributed by atoms with Crippen molar-refractivity contribution in [2.75, 3.05) is 19.8 Å². The molecular formula is C17H25NO3. The van der Waals surface area contributed by atoms with Gasteiger partial charge in [0.05, 0.1) is 19.6 Å². The Morgan fingerprint density at radius 3 is 2.57 bits per heavy atom. The first-order valence-electron chi connectivity index (χ1n) is 7.80. The summed E-state index contributed by atoms with van der Waals surface area (Å²) in [7, 11) is 0. The summed E-state index contributed by atoms with van der Waals surface area (Å²) in [6, 6.07) is 8.13. The number of ether oxygens (including phenoxy) is 1. The van der Waals surface area contributed by atoms with Gasteiger partial charge in [0.15, 0.2) is 0 Å². The third-order valence-electron chi connectivity index (χ3n) is 4.03. The third kappa shape index (κ3) is 4.74. The normalized spacial score (nSPS) is 15.1. The molecule has 0 atom stereocenters. The highest BCUT2D eigenvalue weighted by atomic mass is 16.5. The molecule has 4 heteroatoms. The topological polar surface area (TPSA) is 49.8 Å². The molecule has 0 unspecified atom stereocenters. The number of rotatable bonds is 7. The molecule has 0 spiro atoms. The molecule has 2 rings (SSSR count). The van der Waals surface area contributed by atoms with Gasteiger partial charge in [0.2, 0.25) is 5.91 Å². The van der Waals surface area contributed by atoms with E-state index in [0.717, 1.165) is 18.6 Å². The lowest BCUT2D eigenvalue weighted by Gasteiger charge is -2.28. The quantitative estimate of drug-likeness (QED) is 0.840. The standard InChI is InChI=1S/C17H25NO3/c1-14-6-8-16(9-7-14)21-13-10-17(20)18(11-12-19)15-4-2-3-5-15/h6-9,15,19H,2-5,10-13H2,1H3. The largest absolute Gasteiger partial charge is 0.493 e. The van der Waals surface area contributed by atoms with Gasteiger partial charge in [0.25, 0.3) is 0 Å². The van der Waals surface area contributed by atoms with Crippen molar-refractivity contribution in [3.8, 4) is 5.75 Å². The lowest BCUT2D eigenvalue weighted by molar-refractivity contribution is -0.134. The average Bonchev–Trinajstić information content (AvgIpc) is 3.00. The van der Waals surface area contributed by atoms with E-state index in [4.69, 9.17) is 9.84 Å². The third-order valence-corrected chi connectivity index (χ3v) is 4.03. The predicted molar refractivity (Wildman–Crippen MR) is 82.3 cm³/mol. The fraction of sp³-hybridized carbons (Fsp3) is 0.588. The number of benzene rings is 1. The van der Waals surface area contributed by atoms with Crippen molar-refractivity contribution < 1.29 is 14.6 Å². The molecule has 21 heavy (non-hydrogen) atoms. The Bertz CT molecular complexity index is 438. The molecule has 1 aromatic carbocycles. The van der Waals surface area contributed by atoms with Crippen LogP contribution in [0.25, 0.3) is 0 Å². The molecule has 116 valence electrons. The maximum absolute atomic E-state index is 12.3. The summed E-state index contributed by atoms with van der Waals surface area (Å²) in [6.07, 6.45) is 4.85. The summed E-state index contributed by atoms with van der Waals surface area (Å²) in [5.74, 6) is 0.881. The summed E-state index contributed by atoms with van der Waals surface area (Å²) in [6.45, 7) is 2.88. The van der Waals surface area contributed by atoms with E-state index in [1.807, 2.05) is 36.1 Å². The van der Waals surface area contributed by atoms with E-state index in [1.54, 1.807) is 0 Å². The van der Waals surface area contributed by atoms with Crippen molar-refractivity contribution in [2.24, 2.45) is 0 Å². The van der Waals surface area contributed by atoms with Crippen molar-refractivity contribution in [2.45, 2.75) is 45.1 Å². The maximum atomic E-state index is 12.3. The molecule has 1 aliphatic carbocycles. The number of aliphatic hydroxyl groups excluding tert-OH is 1. The Hall–Kier alpha value is -1.55. The van der Waals surface area contributed by atoms with Crippen molar-refractivity contribution in [3.05, 3.63) is 29.8 Å². The van der Waals surface area contributed by atoms with E-state index in [-0.39, 0.29) is 12.5 Å². The Kier molecular flexibility index (Phi) is 6.05. The molecule has 0 radical (unpaired) electrons. The van der Waals surface area contributed by atoms with Crippen LogP contribution in [0.15, 0.2) is 24.3 Å². The highest BCUT2D eigenvalue weighted by molar-refractivity contribution is 5.76. The first-order chi connectivity index (χ1) is 10.2. The van der Waals surface area contributed by atoms with Crippen LogP contribution < -0.4 is 4.74 Å². The van der Waals surface area contributed by atoms with Crippen LogP contribution in [0.4, 0.5) is 0 Å². The summed E-state index contributed by atoms with van der Waals surface area (Å²) >= 11 is 0. The van der Waals surface area contributed by atoms with Crippen molar-refractivity contribution in [1.82, 2.24) is 4.90 Å². The summed E-state index contributed by atoms with van der Waals surface area (Å²) in [4.78, 5) is 14.1. The van der Waals surface area contributed by atoms with E-state index >= 15 is 0 Å². The molecule has 0 aliphatic heterocycles. The molecule has 0 heterocycles. The van der Waals surface area contributed by atoms with Crippen LogP contribution in [-0.2, 0) is 4.79 Å². The first-order valence-corrected chi connectivity index (χ1v) is 7.80. The van der Waals surface area contributed by atoms with Gasteiger partial charge in [0, 0.05) is 12.6 Å². The van der Waals surface area contributed by atoms with Gasteiger partial charge < -0.3 is 14.7 Å². The van der Waals surface area contributed by atoms with E-state index in [9.17, 15) is 4.79 Å². The van der Waals surface area contributed by atoms with Gasteiger partial charge in [0.1, 0.15) is 5.75 Å². The highest BCUT2D eigenvalue weighted by Gasteiger charge is 2.25. The summed E-state index contributed by atoms with van der Waals surface area (Å²) in [5.41, 5.74) is 1.19. The van der Waals surface area contributed by atoms with Crippen molar-refractivity contribution >= 4 is 5.91 Å². The van der Waals surface area contributed by atoms with Crippen molar-refractivity contribution in [1.29, 1.82) is 0 Å². The van der Waals surface area contributed by atoms with Crippen LogP contribution >= 0.6 is 0 Å². The molecule has 1 aliphatic rings. The van der Waals surface area contributed by atoms with Crippen LogP contribution in [0.5, 0.6) is 5.75 Å². The van der Waals surface area contributed by atoms with Crippen molar-refractivity contribution in [3.63, 3.8) is 0 Å². The molecular weight excluding hydrogens is 266 g/mol. The zero-order chi connectivity index (χ0) is 15.1. The second-order valence-corrected chi connectivity index (χ2v) is 5.66. The number of carbonyl (C=O) groups excluding carboxylic acids is 1. The van der Waals surface area contributed by atoms with Crippen LogP contribution in [0.3, 0.4) is 0 Å². The van der Waals surface area contributed by atoms with E-state index in [0.29, 0.717) is 25.6 Å². The Labute approximate surface area is 126 Å². The second-order valence-electron chi connectivity index (χ2n) is 5.66. The fourth-order valence-corrected chi connectivity index (χ4v) is 2.87. The van der Waals surface area contributed by atoms with E-state index in [2.05, 4.69) is 0 Å². The Morgan fingerprint density at radius 2 is 1.95 bits per heavy atom. The first kappa shape index (κ1) is 15.8. The fourth-order valence-electron chi connectivity index (χ4n) is 2.87. The van der Waals surface area contributed by atoms with Crippen LogP contribution in [0, 0.1) is 6.92 Å². The van der Waals surface area contributed by atoms with Gasteiger partial charge >= 0.3 is 0 Å². The second kappa shape index (κ2) is 8.03. The number of hydrogen-bond acceptors (Lipinski definition) is 3. The predicted octanol–water partition coefficient (Wildman–Crippen LogP) is 2.53. The number of amides is 1. The van der Waals surface area contributed by atoms with Crippen LogP contribution in [0.1, 0.15) is 37.7 Å². The van der Waals surface area contributed by atoms with E-state index < -0.39 is 0 Å². The smallest absolute Gasteiger partial charge is 0.226 e.